The molecule has 2 heterocycles. The molecule has 21 heavy (non-hydrogen) atoms. The molecule has 0 aliphatic carbocycles. The van der Waals surface area contributed by atoms with E-state index >= 15 is 0 Å². The average Bonchev–Trinajstić information content (AvgIpc) is 2.78. The van der Waals surface area contributed by atoms with Gasteiger partial charge in [0.05, 0.1) is 6.54 Å². The fourth-order valence-electron chi connectivity index (χ4n) is 2.27. The molecule has 2 amide bonds. The number of carboxylic acids is 1. The maximum absolute atomic E-state index is 12.1. The molecule has 0 unspecified atom stereocenters. The van der Waals surface area contributed by atoms with Crippen LogP contribution in [0.15, 0.2) is 18.2 Å². The van der Waals surface area contributed by atoms with Crippen LogP contribution in [-0.2, 0) is 20.9 Å². The SMILES string of the molecule is CC1(C)CC(=O)N(Cc2ccc(C=CC(=O)O)s2)C(=O)C1. The van der Waals surface area contributed by atoms with Crippen molar-refractivity contribution in [1.29, 1.82) is 0 Å². The molecule has 1 aliphatic heterocycles. The van der Waals surface area contributed by atoms with Gasteiger partial charge in [0.25, 0.3) is 0 Å². The van der Waals surface area contributed by atoms with Gasteiger partial charge in [0.2, 0.25) is 11.8 Å². The van der Waals surface area contributed by atoms with E-state index in [1.807, 2.05) is 19.9 Å². The molecule has 0 atom stereocenters. The topological polar surface area (TPSA) is 74.7 Å². The highest BCUT2D eigenvalue weighted by Crippen LogP contribution is 2.32. The lowest BCUT2D eigenvalue weighted by atomic mass is 9.82. The van der Waals surface area contributed by atoms with Gasteiger partial charge >= 0.3 is 5.97 Å². The molecule has 1 aromatic heterocycles. The van der Waals surface area contributed by atoms with Gasteiger partial charge in [0, 0.05) is 28.7 Å². The van der Waals surface area contributed by atoms with Crippen LogP contribution < -0.4 is 0 Å². The van der Waals surface area contributed by atoms with Crippen LogP contribution >= 0.6 is 11.3 Å². The van der Waals surface area contributed by atoms with Crippen molar-refractivity contribution >= 4 is 35.2 Å². The number of carbonyl (C=O) groups excluding carboxylic acids is 2. The summed E-state index contributed by atoms with van der Waals surface area (Å²) in [5, 5.41) is 8.58. The Labute approximate surface area is 126 Å². The van der Waals surface area contributed by atoms with Gasteiger partial charge in [-0.2, -0.15) is 0 Å². The van der Waals surface area contributed by atoms with Crippen LogP contribution in [-0.4, -0.2) is 27.8 Å². The first kappa shape index (κ1) is 15.4. The molecule has 0 spiro atoms. The van der Waals surface area contributed by atoms with Crippen molar-refractivity contribution in [3.63, 3.8) is 0 Å². The van der Waals surface area contributed by atoms with Crippen molar-refractivity contribution in [2.45, 2.75) is 33.2 Å². The lowest BCUT2D eigenvalue weighted by molar-refractivity contribution is -0.153. The monoisotopic (exact) mass is 307 g/mol. The second kappa shape index (κ2) is 5.81. The predicted molar refractivity (Wildman–Crippen MR) is 79.6 cm³/mol. The van der Waals surface area contributed by atoms with E-state index in [0.717, 1.165) is 15.8 Å². The molecule has 112 valence electrons. The Bertz CT molecular complexity index is 595. The lowest BCUT2D eigenvalue weighted by Gasteiger charge is -2.34. The van der Waals surface area contributed by atoms with Crippen molar-refractivity contribution in [3.05, 3.63) is 28.0 Å². The fourth-order valence-corrected chi connectivity index (χ4v) is 3.17. The molecule has 0 radical (unpaired) electrons. The maximum Gasteiger partial charge on any atom is 0.328 e. The Balaban J connectivity index is 2.07. The van der Waals surface area contributed by atoms with Crippen LogP contribution in [0.3, 0.4) is 0 Å². The third-order valence-electron chi connectivity index (χ3n) is 3.25. The Hall–Kier alpha value is -1.95. The number of carbonyl (C=O) groups is 3. The highest BCUT2D eigenvalue weighted by atomic mass is 32.1. The summed E-state index contributed by atoms with van der Waals surface area (Å²) in [6.45, 7) is 4.10. The minimum absolute atomic E-state index is 0.146. The lowest BCUT2D eigenvalue weighted by Crippen LogP contribution is -2.45. The van der Waals surface area contributed by atoms with Crippen LogP contribution in [0.5, 0.6) is 0 Å². The second-order valence-electron chi connectivity index (χ2n) is 5.87. The van der Waals surface area contributed by atoms with E-state index in [9.17, 15) is 14.4 Å². The molecule has 2 rings (SSSR count). The van der Waals surface area contributed by atoms with Gasteiger partial charge in [-0.15, -0.1) is 11.3 Å². The maximum atomic E-state index is 12.1. The minimum atomic E-state index is -1.01. The van der Waals surface area contributed by atoms with Crippen LogP contribution in [0.4, 0.5) is 0 Å². The number of hydrogen-bond donors (Lipinski definition) is 1. The van der Waals surface area contributed by atoms with E-state index in [1.165, 1.54) is 22.3 Å². The van der Waals surface area contributed by atoms with Crippen LogP contribution in [0.2, 0.25) is 0 Å². The highest BCUT2D eigenvalue weighted by molar-refractivity contribution is 7.12. The smallest absolute Gasteiger partial charge is 0.328 e. The number of piperidine rings is 1. The van der Waals surface area contributed by atoms with Gasteiger partial charge in [-0.1, -0.05) is 13.8 Å². The Morgan fingerprint density at radius 1 is 1.33 bits per heavy atom. The Morgan fingerprint density at radius 2 is 1.95 bits per heavy atom. The van der Waals surface area contributed by atoms with Gasteiger partial charge in [0.15, 0.2) is 0 Å². The van der Waals surface area contributed by atoms with Crippen molar-refractivity contribution in [2.75, 3.05) is 0 Å². The number of rotatable bonds is 4. The van der Waals surface area contributed by atoms with Crippen molar-refractivity contribution < 1.29 is 19.5 Å². The first-order valence-electron chi connectivity index (χ1n) is 6.60. The fraction of sp³-hybridized carbons (Fsp3) is 0.400. The summed E-state index contributed by atoms with van der Waals surface area (Å²) < 4.78 is 0. The van der Waals surface area contributed by atoms with Gasteiger partial charge in [0.1, 0.15) is 0 Å². The molecule has 1 saturated heterocycles. The van der Waals surface area contributed by atoms with Crippen molar-refractivity contribution in [2.24, 2.45) is 5.41 Å². The second-order valence-corrected chi connectivity index (χ2v) is 7.07. The zero-order valence-corrected chi connectivity index (χ0v) is 12.8. The number of thiophene rings is 1. The summed E-state index contributed by atoms with van der Waals surface area (Å²) in [7, 11) is 0. The van der Waals surface area contributed by atoms with Crippen molar-refractivity contribution in [1.82, 2.24) is 4.90 Å². The summed E-state index contributed by atoms with van der Waals surface area (Å²) in [6.07, 6.45) is 3.31. The Kier molecular flexibility index (Phi) is 4.27. The van der Waals surface area contributed by atoms with Crippen LogP contribution in [0.1, 0.15) is 36.4 Å². The molecule has 1 aromatic rings. The van der Waals surface area contributed by atoms with Gasteiger partial charge in [-0.25, -0.2) is 4.79 Å². The van der Waals surface area contributed by atoms with E-state index in [-0.39, 0.29) is 23.8 Å². The number of aliphatic carboxylic acids is 1. The number of likely N-dealkylation sites (tertiary alicyclic amines) is 1. The van der Waals surface area contributed by atoms with Gasteiger partial charge in [-0.3, -0.25) is 14.5 Å². The molecule has 0 aromatic carbocycles. The average molecular weight is 307 g/mol. The quantitative estimate of drug-likeness (QED) is 0.685. The standard InChI is InChI=1S/C15H17NO4S/c1-15(2)7-12(17)16(13(18)8-15)9-11-4-3-10(21-11)5-6-14(19)20/h3-6H,7-9H2,1-2H3,(H,19,20). The molecular formula is C15H17NO4S. The number of amides is 2. The molecular weight excluding hydrogens is 290 g/mol. The summed E-state index contributed by atoms with van der Waals surface area (Å²) >= 11 is 1.38. The van der Waals surface area contributed by atoms with Gasteiger partial charge in [-0.05, 0) is 23.6 Å². The zero-order chi connectivity index (χ0) is 15.6. The van der Waals surface area contributed by atoms with E-state index in [4.69, 9.17) is 5.11 Å². The largest absolute Gasteiger partial charge is 0.478 e. The summed E-state index contributed by atoms with van der Waals surface area (Å²) in [6, 6.07) is 3.59. The predicted octanol–water partition coefficient (Wildman–Crippen LogP) is 2.52. The van der Waals surface area contributed by atoms with Crippen molar-refractivity contribution in [3.8, 4) is 0 Å². The van der Waals surface area contributed by atoms with Crippen LogP contribution in [0.25, 0.3) is 6.08 Å². The summed E-state index contributed by atoms with van der Waals surface area (Å²) in [5.74, 6) is -1.30. The number of hydrogen-bond acceptors (Lipinski definition) is 4. The molecule has 1 aliphatic rings. The summed E-state index contributed by atoms with van der Waals surface area (Å²) in [5.41, 5.74) is -0.268. The third kappa shape index (κ3) is 4.01. The van der Waals surface area contributed by atoms with E-state index < -0.39 is 5.97 Å². The number of imide groups is 1. The highest BCUT2D eigenvalue weighted by Gasteiger charge is 2.37. The molecule has 1 N–H and O–H groups in total. The number of nitrogens with zero attached hydrogens (tertiary/aromatic N) is 1. The first-order chi connectivity index (χ1) is 9.77. The normalized spacial score (nSPS) is 18.5. The summed E-state index contributed by atoms with van der Waals surface area (Å²) in [4.78, 5) is 37.5. The van der Waals surface area contributed by atoms with E-state index in [2.05, 4.69) is 0 Å². The first-order valence-corrected chi connectivity index (χ1v) is 7.41. The molecule has 0 bridgehead atoms. The molecule has 5 nitrogen and oxygen atoms in total. The molecule has 6 heteroatoms. The third-order valence-corrected chi connectivity index (χ3v) is 4.28. The molecule has 0 saturated carbocycles. The minimum Gasteiger partial charge on any atom is -0.478 e. The number of carboxylic acid groups (broad SMARTS) is 1. The van der Waals surface area contributed by atoms with E-state index in [1.54, 1.807) is 6.07 Å². The van der Waals surface area contributed by atoms with Gasteiger partial charge < -0.3 is 5.11 Å². The Morgan fingerprint density at radius 3 is 2.52 bits per heavy atom. The molecule has 1 fully saturated rings. The van der Waals surface area contributed by atoms with Crippen LogP contribution in [0, 0.1) is 5.41 Å². The van der Waals surface area contributed by atoms with E-state index in [0.29, 0.717) is 12.8 Å². The zero-order valence-electron chi connectivity index (χ0n) is 12.0.